The van der Waals surface area contributed by atoms with Gasteiger partial charge in [-0.25, -0.2) is 9.59 Å². The average Bonchev–Trinajstić information content (AvgIpc) is 2.94. The molecule has 9 heteroatoms. The number of hydrogen-bond acceptors (Lipinski definition) is 8. The highest BCUT2D eigenvalue weighted by Crippen LogP contribution is 2.42. The lowest BCUT2D eigenvalue weighted by Gasteiger charge is -2.42. The van der Waals surface area contributed by atoms with Crippen molar-refractivity contribution in [3.63, 3.8) is 0 Å². The number of rotatable bonds is 2. The van der Waals surface area contributed by atoms with Crippen molar-refractivity contribution in [2.45, 2.75) is 97.0 Å². The zero-order valence-corrected chi connectivity index (χ0v) is 18.9. The Labute approximate surface area is 171 Å². The number of nitrogens with zero attached hydrogens (tertiary/aromatic N) is 1. The van der Waals surface area contributed by atoms with Crippen LogP contribution in [0.2, 0.25) is 0 Å². The Bertz CT molecular complexity index is 664. The van der Waals surface area contributed by atoms with Crippen LogP contribution in [0.3, 0.4) is 0 Å². The van der Waals surface area contributed by atoms with Crippen molar-refractivity contribution in [2.24, 2.45) is 0 Å². The van der Waals surface area contributed by atoms with E-state index >= 15 is 0 Å². The summed E-state index contributed by atoms with van der Waals surface area (Å²) in [5.41, 5.74) is -3.48. The molecule has 2 saturated heterocycles. The van der Waals surface area contributed by atoms with Gasteiger partial charge in [0.15, 0.2) is 6.10 Å². The van der Waals surface area contributed by atoms with Gasteiger partial charge in [-0.2, -0.15) is 0 Å². The summed E-state index contributed by atoms with van der Waals surface area (Å²) >= 11 is 5.04. The third-order valence-corrected chi connectivity index (χ3v) is 4.51. The lowest BCUT2D eigenvalue weighted by molar-refractivity contribution is -0.167. The number of ether oxygens (including phenoxy) is 5. The number of carbonyl (C=O) groups excluding carboxylic acids is 2. The molecule has 2 aliphatic rings. The quantitative estimate of drug-likeness (QED) is 0.500. The van der Waals surface area contributed by atoms with Crippen LogP contribution in [0.15, 0.2) is 0 Å². The minimum atomic E-state index is -1.13. The minimum Gasteiger partial charge on any atom is -0.457 e. The van der Waals surface area contributed by atoms with Crippen LogP contribution in [0.4, 0.5) is 4.79 Å². The van der Waals surface area contributed by atoms with E-state index in [1.807, 2.05) is 0 Å². The molecule has 0 aromatic heterocycles. The van der Waals surface area contributed by atoms with Crippen molar-refractivity contribution in [2.75, 3.05) is 6.61 Å². The molecule has 2 heterocycles. The summed E-state index contributed by atoms with van der Waals surface area (Å²) in [6.07, 6.45) is -2.62. The minimum absolute atomic E-state index is 0.106. The molecule has 1 amide bonds. The molecule has 0 spiro atoms. The summed E-state index contributed by atoms with van der Waals surface area (Å²) in [7, 11) is 0. The predicted octanol–water partition coefficient (Wildman–Crippen LogP) is 3.16. The molecule has 0 N–H and O–H groups in total. The maximum absolute atomic E-state index is 13.0. The Morgan fingerprint density at radius 1 is 1.04 bits per heavy atom. The first-order valence-corrected chi connectivity index (χ1v) is 9.64. The Morgan fingerprint density at radius 3 is 2.07 bits per heavy atom. The van der Waals surface area contributed by atoms with Crippen molar-refractivity contribution in [3.8, 4) is 0 Å². The zero-order valence-electron chi connectivity index (χ0n) is 18.1. The smallest absolute Gasteiger partial charge is 0.413 e. The highest BCUT2D eigenvalue weighted by atomic mass is 32.1. The van der Waals surface area contributed by atoms with Gasteiger partial charge in [0.05, 0.1) is 6.61 Å². The third-order valence-electron chi connectivity index (χ3n) is 4.32. The van der Waals surface area contributed by atoms with Crippen LogP contribution in [0.25, 0.3) is 0 Å². The summed E-state index contributed by atoms with van der Waals surface area (Å²) in [4.78, 5) is 27.2. The summed E-state index contributed by atoms with van der Waals surface area (Å²) in [6.45, 7) is 16.0. The topological polar surface area (TPSA) is 83.5 Å². The molecule has 0 aliphatic carbocycles. The molecule has 3 atom stereocenters. The van der Waals surface area contributed by atoms with Crippen molar-refractivity contribution in [1.29, 1.82) is 0 Å². The van der Waals surface area contributed by atoms with E-state index in [0.29, 0.717) is 0 Å². The Morgan fingerprint density at radius 2 is 1.57 bits per heavy atom. The number of carbonyl (C=O) groups is 2. The fraction of sp³-hybridized carbons (Fsp3) is 0.842. The zero-order chi connectivity index (χ0) is 21.7. The molecular weight excluding hydrogens is 386 g/mol. The SMILES string of the molecule is CC(C)(C)OC(=O)C1OC(=S)OC1[C@@]1(C)COC(C)(C)N1C(=O)OC(C)(C)C. The Balaban J connectivity index is 2.39. The van der Waals surface area contributed by atoms with E-state index < -0.39 is 46.7 Å². The van der Waals surface area contributed by atoms with Gasteiger partial charge in [-0.05, 0) is 62.3 Å². The normalized spacial score (nSPS) is 29.9. The number of esters is 1. The summed E-state index contributed by atoms with van der Waals surface area (Å²) in [5, 5.41) is -0.170. The molecular formula is C19H31NO7S. The molecule has 0 aromatic rings. The highest BCUT2D eigenvalue weighted by Gasteiger charge is 2.63. The van der Waals surface area contributed by atoms with E-state index in [4.69, 9.17) is 35.9 Å². The van der Waals surface area contributed by atoms with E-state index in [-0.39, 0.29) is 11.8 Å². The largest absolute Gasteiger partial charge is 0.457 e. The third kappa shape index (κ3) is 4.68. The number of thiocarbonyl (C=S) groups is 1. The van der Waals surface area contributed by atoms with Crippen LogP contribution < -0.4 is 0 Å². The van der Waals surface area contributed by atoms with Gasteiger partial charge in [0, 0.05) is 12.2 Å². The van der Waals surface area contributed by atoms with Crippen LogP contribution in [0.1, 0.15) is 62.3 Å². The predicted molar refractivity (Wildman–Crippen MR) is 105 cm³/mol. The van der Waals surface area contributed by atoms with Crippen molar-refractivity contribution in [3.05, 3.63) is 0 Å². The van der Waals surface area contributed by atoms with Gasteiger partial charge in [-0.1, -0.05) is 0 Å². The van der Waals surface area contributed by atoms with Crippen LogP contribution in [0.5, 0.6) is 0 Å². The van der Waals surface area contributed by atoms with Crippen molar-refractivity contribution in [1.82, 2.24) is 4.90 Å². The van der Waals surface area contributed by atoms with Gasteiger partial charge in [0.1, 0.15) is 22.5 Å². The number of hydrogen-bond donors (Lipinski definition) is 0. The first-order valence-electron chi connectivity index (χ1n) is 9.24. The molecule has 0 aromatic carbocycles. The fourth-order valence-electron chi connectivity index (χ4n) is 3.36. The Hall–Kier alpha value is -1.61. The second kappa shape index (κ2) is 7.02. The molecule has 0 radical (unpaired) electrons. The van der Waals surface area contributed by atoms with Crippen molar-refractivity contribution < 1.29 is 33.3 Å². The van der Waals surface area contributed by atoms with Gasteiger partial charge >= 0.3 is 17.3 Å². The molecule has 2 rings (SSSR count). The molecule has 2 fully saturated rings. The second-order valence-corrected chi connectivity index (χ2v) is 10.1. The summed E-state index contributed by atoms with van der Waals surface area (Å²) < 4.78 is 28.0. The maximum atomic E-state index is 13.0. The van der Waals surface area contributed by atoms with Gasteiger partial charge < -0.3 is 23.7 Å². The molecule has 2 aliphatic heterocycles. The van der Waals surface area contributed by atoms with Gasteiger partial charge in [-0.3, -0.25) is 4.90 Å². The first kappa shape index (κ1) is 22.7. The Kier molecular flexibility index (Phi) is 5.68. The maximum Gasteiger partial charge on any atom is 0.413 e. The van der Waals surface area contributed by atoms with E-state index in [1.54, 1.807) is 62.3 Å². The molecule has 2 unspecified atom stereocenters. The number of amides is 1. The van der Waals surface area contributed by atoms with Crippen molar-refractivity contribution >= 4 is 29.5 Å². The van der Waals surface area contributed by atoms with Crippen LogP contribution in [0, 0.1) is 0 Å². The first-order chi connectivity index (χ1) is 12.5. The van der Waals surface area contributed by atoms with Crippen LogP contribution in [-0.4, -0.2) is 63.5 Å². The molecule has 0 saturated carbocycles. The standard InChI is InChI=1S/C19H31NO7S/c1-16(2,3)26-13(21)11-12(25-15(28)24-11)19(9)10-23-18(7,8)20(19)14(22)27-17(4,5)6/h11-12H,10H2,1-9H3/t11?,12?,19-/m1/s1. The van der Waals surface area contributed by atoms with Gasteiger partial charge in [0.25, 0.3) is 0 Å². The van der Waals surface area contributed by atoms with Crippen LogP contribution >= 0.6 is 12.2 Å². The van der Waals surface area contributed by atoms with Gasteiger partial charge in [-0.15, -0.1) is 0 Å². The fourth-order valence-corrected chi connectivity index (χ4v) is 3.56. The second-order valence-electron chi connectivity index (χ2n) is 9.77. The van der Waals surface area contributed by atoms with E-state index in [0.717, 1.165) is 0 Å². The molecule has 8 nitrogen and oxygen atoms in total. The van der Waals surface area contributed by atoms with Gasteiger partial charge in [0.2, 0.25) is 6.10 Å². The molecule has 160 valence electrons. The lowest BCUT2D eigenvalue weighted by atomic mass is 9.89. The van der Waals surface area contributed by atoms with E-state index in [9.17, 15) is 9.59 Å². The van der Waals surface area contributed by atoms with Crippen LogP contribution in [-0.2, 0) is 28.5 Å². The van der Waals surface area contributed by atoms with E-state index in [2.05, 4.69) is 0 Å². The van der Waals surface area contributed by atoms with E-state index in [1.165, 1.54) is 4.90 Å². The highest BCUT2D eigenvalue weighted by molar-refractivity contribution is 7.79. The molecule has 0 bridgehead atoms. The monoisotopic (exact) mass is 417 g/mol. The average molecular weight is 418 g/mol. The molecule has 28 heavy (non-hydrogen) atoms. The lowest BCUT2D eigenvalue weighted by Crippen LogP contribution is -2.63. The summed E-state index contributed by atoms with van der Waals surface area (Å²) in [6, 6.07) is 0. The summed E-state index contributed by atoms with van der Waals surface area (Å²) in [5.74, 6) is -0.618.